The Bertz CT molecular complexity index is 1130. The summed E-state index contributed by atoms with van der Waals surface area (Å²) in [6, 6.07) is 8.05. The third-order valence-corrected chi connectivity index (χ3v) is 6.61. The van der Waals surface area contributed by atoms with E-state index in [0.29, 0.717) is 19.4 Å². The minimum Gasteiger partial charge on any atom is -0.373 e. The largest absolute Gasteiger partial charge is 0.373 e. The number of morpholine rings is 1. The van der Waals surface area contributed by atoms with Crippen LogP contribution in [-0.4, -0.2) is 62.8 Å². The molecule has 2 unspecified atom stereocenters. The van der Waals surface area contributed by atoms with Gasteiger partial charge in [0.25, 0.3) is 0 Å². The third kappa shape index (κ3) is 4.50. The standard InChI is InChI=1S/C25H35N5O2/c1-16-13-29(14-17(2)32-16)25(5,6)15-26-23(31)12-11-20-18(3)27-24-21-9-7-8-10-22(21)28-30(24)19(20)4/h7-10,16-17H,11-15H2,1-6H3,(H,26,31). The van der Waals surface area contributed by atoms with Crippen LogP contribution in [0.2, 0.25) is 0 Å². The summed E-state index contributed by atoms with van der Waals surface area (Å²) in [4.78, 5) is 19.9. The fraction of sp³-hybridized carbons (Fsp3) is 0.560. The van der Waals surface area contributed by atoms with Crippen molar-refractivity contribution < 1.29 is 9.53 Å². The highest BCUT2D eigenvalue weighted by Gasteiger charge is 2.33. The highest BCUT2D eigenvalue weighted by molar-refractivity contribution is 5.92. The molecule has 0 radical (unpaired) electrons. The molecule has 4 rings (SSSR count). The Morgan fingerprint density at radius 1 is 1.19 bits per heavy atom. The first-order chi connectivity index (χ1) is 15.2. The van der Waals surface area contributed by atoms with Gasteiger partial charge in [0.2, 0.25) is 5.91 Å². The lowest BCUT2D eigenvalue weighted by atomic mass is 9.99. The molecule has 1 aliphatic heterocycles. The van der Waals surface area contributed by atoms with Gasteiger partial charge in [-0.15, -0.1) is 0 Å². The lowest BCUT2D eigenvalue weighted by Crippen LogP contribution is -2.58. The summed E-state index contributed by atoms with van der Waals surface area (Å²) in [5.41, 5.74) is 4.79. The normalized spacial score (nSPS) is 20.2. The van der Waals surface area contributed by atoms with Crippen LogP contribution >= 0.6 is 0 Å². The Morgan fingerprint density at radius 3 is 2.59 bits per heavy atom. The van der Waals surface area contributed by atoms with Crippen molar-refractivity contribution in [3.05, 3.63) is 41.2 Å². The maximum Gasteiger partial charge on any atom is 0.220 e. The molecule has 32 heavy (non-hydrogen) atoms. The second-order valence-corrected chi connectivity index (χ2v) is 9.77. The van der Waals surface area contributed by atoms with Gasteiger partial charge in [-0.05, 0) is 65.7 Å². The minimum absolute atomic E-state index is 0.0666. The number of amides is 1. The molecule has 172 valence electrons. The predicted octanol–water partition coefficient (Wildman–Crippen LogP) is 3.44. The van der Waals surface area contributed by atoms with Gasteiger partial charge in [0.1, 0.15) is 0 Å². The van der Waals surface area contributed by atoms with Crippen LogP contribution in [0.1, 0.15) is 51.1 Å². The Balaban J connectivity index is 1.41. The topological polar surface area (TPSA) is 71.8 Å². The van der Waals surface area contributed by atoms with Crippen LogP contribution in [0.5, 0.6) is 0 Å². The van der Waals surface area contributed by atoms with E-state index in [1.54, 1.807) is 0 Å². The molecule has 7 heteroatoms. The molecule has 1 aromatic carbocycles. The molecule has 1 N–H and O–H groups in total. The zero-order chi connectivity index (χ0) is 23.0. The SMILES string of the molecule is Cc1nc2c3ccccc3nn2c(C)c1CCC(=O)NCC(C)(C)N1CC(C)OC(C)C1. The fourth-order valence-corrected chi connectivity index (χ4v) is 4.76. The van der Waals surface area contributed by atoms with Gasteiger partial charge >= 0.3 is 0 Å². The van der Waals surface area contributed by atoms with Crippen LogP contribution in [0.15, 0.2) is 24.3 Å². The lowest BCUT2D eigenvalue weighted by molar-refractivity contribution is -0.122. The van der Waals surface area contributed by atoms with Crippen LogP contribution in [0.25, 0.3) is 16.6 Å². The second kappa shape index (κ2) is 8.79. The number of fused-ring (bicyclic) bond motifs is 3. The maximum atomic E-state index is 12.7. The molecular formula is C25H35N5O2. The Morgan fingerprint density at radius 2 is 1.88 bits per heavy atom. The zero-order valence-corrected chi connectivity index (χ0v) is 20.1. The summed E-state index contributed by atoms with van der Waals surface area (Å²) in [6.07, 6.45) is 1.50. The number of nitrogens with one attached hydrogen (secondary N) is 1. The molecule has 0 bridgehead atoms. The van der Waals surface area contributed by atoms with E-state index in [1.807, 2.05) is 35.7 Å². The Labute approximate surface area is 190 Å². The number of nitrogens with zero attached hydrogens (tertiary/aromatic N) is 4. The molecule has 7 nitrogen and oxygen atoms in total. The maximum absolute atomic E-state index is 12.7. The first-order valence-electron chi connectivity index (χ1n) is 11.6. The number of hydrogen-bond acceptors (Lipinski definition) is 5. The number of hydrogen-bond donors (Lipinski definition) is 1. The van der Waals surface area contributed by atoms with Crippen molar-refractivity contribution in [3.63, 3.8) is 0 Å². The number of benzene rings is 1. The molecular weight excluding hydrogens is 402 g/mol. The Kier molecular flexibility index (Phi) is 6.23. The van der Waals surface area contributed by atoms with Crippen LogP contribution in [0.4, 0.5) is 0 Å². The number of aromatic nitrogens is 3. The van der Waals surface area contributed by atoms with Gasteiger partial charge in [-0.1, -0.05) is 12.1 Å². The third-order valence-electron chi connectivity index (χ3n) is 6.61. The van der Waals surface area contributed by atoms with E-state index < -0.39 is 0 Å². The monoisotopic (exact) mass is 437 g/mol. The minimum atomic E-state index is -0.122. The zero-order valence-electron chi connectivity index (χ0n) is 20.1. The molecule has 1 aliphatic rings. The smallest absolute Gasteiger partial charge is 0.220 e. The number of carbonyl (C=O) groups excluding carboxylic acids is 1. The number of carbonyl (C=O) groups is 1. The molecule has 0 spiro atoms. The summed E-state index contributed by atoms with van der Waals surface area (Å²) in [6.45, 7) is 15.1. The van der Waals surface area contributed by atoms with E-state index in [0.717, 1.165) is 46.6 Å². The highest BCUT2D eigenvalue weighted by Crippen LogP contribution is 2.23. The first kappa shape index (κ1) is 22.7. The summed E-state index contributed by atoms with van der Waals surface area (Å²) in [5, 5.41) is 8.92. The highest BCUT2D eigenvalue weighted by atomic mass is 16.5. The summed E-state index contributed by atoms with van der Waals surface area (Å²) >= 11 is 0. The van der Waals surface area contributed by atoms with E-state index in [2.05, 4.69) is 44.8 Å². The molecule has 1 amide bonds. The van der Waals surface area contributed by atoms with Gasteiger partial charge < -0.3 is 10.1 Å². The quantitative estimate of drug-likeness (QED) is 0.640. The second-order valence-electron chi connectivity index (χ2n) is 9.77. The van der Waals surface area contributed by atoms with Crippen molar-refractivity contribution in [1.29, 1.82) is 0 Å². The first-order valence-corrected chi connectivity index (χ1v) is 11.6. The molecule has 1 saturated heterocycles. The molecule has 0 aliphatic carbocycles. The van der Waals surface area contributed by atoms with Crippen molar-refractivity contribution >= 4 is 22.5 Å². The van der Waals surface area contributed by atoms with E-state index in [4.69, 9.17) is 14.8 Å². The van der Waals surface area contributed by atoms with Crippen molar-refractivity contribution in [2.24, 2.45) is 0 Å². The molecule has 3 heterocycles. The van der Waals surface area contributed by atoms with Crippen molar-refractivity contribution in [2.45, 2.75) is 72.1 Å². The van der Waals surface area contributed by atoms with Crippen molar-refractivity contribution in [3.8, 4) is 0 Å². The average Bonchev–Trinajstić information content (AvgIpc) is 3.10. The van der Waals surface area contributed by atoms with Crippen LogP contribution in [0, 0.1) is 13.8 Å². The molecule has 2 atom stereocenters. The number of aryl methyl sites for hydroxylation is 2. The van der Waals surface area contributed by atoms with Gasteiger partial charge in [0.15, 0.2) is 5.65 Å². The van der Waals surface area contributed by atoms with Crippen molar-refractivity contribution in [1.82, 2.24) is 24.8 Å². The van der Waals surface area contributed by atoms with Gasteiger partial charge in [-0.2, -0.15) is 5.10 Å². The summed E-state index contributed by atoms with van der Waals surface area (Å²) in [5.74, 6) is 0.0666. The van der Waals surface area contributed by atoms with Gasteiger partial charge in [0, 0.05) is 48.4 Å². The fourth-order valence-electron chi connectivity index (χ4n) is 4.76. The lowest BCUT2D eigenvalue weighted by Gasteiger charge is -2.45. The van der Waals surface area contributed by atoms with Crippen molar-refractivity contribution in [2.75, 3.05) is 19.6 Å². The van der Waals surface area contributed by atoms with Crippen LogP contribution in [0.3, 0.4) is 0 Å². The van der Waals surface area contributed by atoms with Gasteiger partial charge in [-0.25, -0.2) is 9.50 Å². The van der Waals surface area contributed by atoms with Crippen LogP contribution in [-0.2, 0) is 16.0 Å². The molecule has 0 saturated carbocycles. The summed E-state index contributed by atoms with van der Waals surface area (Å²) in [7, 11) is 0. The van der Waals surface area contributed by atoms with E-state index >= 15 is 0 Å². The molecule has 3 aromatic rings. The van der Waals surface area contributed by atoms with E-state index in [-0.39, 0.29) is 23.7 Å². The van der Waals surface area contributed by atoms with Gasteiger partial charge in [0.05, 0.1) is 17.7 Å². The molecule has 2 aromatic heterocycles. The van der Waals surface area contributed by atoms with Gasteiger partial charge in [-0.3, -0.25) is 9.69 Å². The van der Waals surface area contributed by atoms with E-state index in [9.17, 15) is 4.79 Å². The predicted molar refractivity (Wildman–Crippen MR) is 127 cm³/mol. The number of rotatable bonds is 6. The Hall–Kier alpha value is -2.51. The number of ether oxygens (including phenoxy) is 1. The summed E-state index contributed by atoms with van der Waals surface area (Å²) < 4.78 is 7.77. The molecule has 1 fully saturated rings. The van der Waals surface area contributed by atoms with E-state index in [1.165, 1.54) is 0 Å². The van der Waals surface area contributed by atoms with Crippen LogP contribution < -0.4 is 5.32 Å². The average molecular weight is 438 g/mol.